The first kappa shape index (κ1) is 10.8. The Hall–Kier alpha value is -0.230. The van der Waals surface area contributed by atoms with Gasteiger partial charge in [0.2, 0.25) is 0 Å². The summed E-state index contributed by atoms with van der Waals surface area (Å²) in [6.07, 6.45) is 1.09. The Balaban J connectivity index is 2.20. The maximum absolute atomic E-state index is 9.03. The van der Waals surface area contributed by atoms with Gasteiger partial charge in [-0.05, 0) is 22.9 Å². The molecule has 1 atom stereocenters. The van der Waals surface area contributed by atoms with Crippen LogP contribution in [0.25, 0.3) is 0 Å². The molecule has 0 amide bonds. The summed E-state index contributed by atoms with van der Waals surface area (Å²) in [5.74, 6) is 0.512. The van der Waals surface area contributed by atoms with E-state index in [0.29, 0.717) is 5.75 Å². The lowest BCUT2D eigenvalue weighted by Gasteiger charge is -2.04. The highest BCUT2D eigenvalue weighted by atomic mass is 33.1. The number of aromatic nitrogens is 1. The van der Waals surface area contributed by atoms with E-state index in [0.717, 1.165) is 5.03 Å². The molecule has 0 aliphatic heterocycles. The van der Waals surface area contributed by atoms with Gasteiger partial charge in [0.1, 0.15) is 5.03 Å². The molecule has 72 valence electrons. The minimum absolute atomic E-state index is 0.185. The topological polar surface area (TPSA) is 53.4 Å². The largest absolute Gasteiger partial charge is 0.394 e. The third kappa shape index (κ3) is 4.52. The van der Waals surface area contributed by atoms with Crippen LogP contribution in [0.3, 0.4) is 0 Å². The number of nitrogens with zero attached hydrogens (tertiary/aromatic N) is 1. The molecule has 0 fully saturated rings. The van der Waals surface area contributed by atoms with Crippen molar-refractivity contribution in [2.24, 2.45) is 0 Å². The molecule has 13 heavy (non-hydrogen) atoms. The first-order valence-corrected chi connectivity index (χ1v) is 6.14. The molecule has 1 aromatic rings. The van der Waals surface area contributed by atoms with E-state index in [1.807, 2.05) is 18.2 Å². The molecule has 0 radical (unpaired) electrons. The third-order valence-corrected chi connectivity index (χ3v) is 3.58. The summed E-state index contributed by atoms with van der Waals surface area (Å²) in [7, 11) is 2.98. The van der Waals surface area contributed by atoms with Gasteiger partial charge < -0.3 is 10.2 Å². The lowest BCUT2D eigenvalue weighted by molar-refractivity contribution is 0.114. The molecule has 0 saturated heterocycles. The van der Waals surface area contributed by atoms with Crippen LogP contribution in [0.5, 0.6) is 0 Å². The number of hydrogen-bond donors (Lipinski definition) is 2. The van der Waals surface area contributed by atoms with Gasteiger partial charge in [0.25, 0.3) is 0 Å². The zero-order valence-electron chi connectivity index (χ0n) is 6.96. The van der Waals surface area contributed by atoms with Crippen LogP contribution >= 0.6 is 21.6 Å². The highest BCUT2D eigenvalue weighted by Crippen LogP contribution is 2.29. The lowest BCUT2D eigenvalue weighted by Crippen LogP contribution is -2.13. The Bertz CT molecular complexity index is 233. The second-order valence-corrected chi connectivity index (χ2v) is 4.73. The zero-order valence-corrected chi connectivity index (χ0v) is 8.59. The van der Waals surface area contributed by atoms with E-state index in [1.54, 1.807) is 6.20 Å². The van der Waals surface area contributed by atoms with E-state index >= 15 is 0 Å². The third-order valence-electron chi connectivity index (χ3n) is 1.25. The molecule has 5 heteroatoms. The van der Waals surface area contributed by atoms with Crippen LogP contribution in [0, 0.1) is 0 Å². The SMILES string of the molecule is OC[C@H](O)CSSc1ccccn1. The van der Waals surface area contributed by atoms with Gasteiger partial charge in [0.05, 0.1) is 12.7 Å². The summed E-state index contributed by atoms with van der Waals surface area (Å²) in [5, 5.41) is 18.5. The monoisotopic (exact) mass is 217 g/mol. The number of rotatable bonds is 5. The second kappa shape index (κ2) is 6.26. The van der Waals surface area contributed by atoms with Crippen molar-refractivity contribution in [1.29, 1.82) is 0 Å². The number of pyridine rings is 1. The van der Waals surface area contributed by atoms with Crippen LogP contribution in [-0.2, 0) is 0 Å². The summed E-state index contributed by atoms with van der Waals surface area (Å²) < 4.78 is 0. The maximum atomic E-state index is 9.03. The summed E-state index contributed by atoms with van der Waals surface area (Å²) in [4.78, 5) is 4.10. The molecular formula is C8H11NO2S2. The van der Waals surface area contributed by atoms with E-state index in [9.17, 15) is 0 Å². The smallest absolute Gasteiger partial charge is 0.106 e. The average Bonchev–Trinajstić information content (AvgIpc) is 2.19. The summed E-state index contributed by atoms with van der Waals surface area (Å²) in [5.41, 5.74) is 0. The van der Waals surface area contributed by atoms with Crippen molar-refractivity contribution in [1.82, 2.24) is 4.98 Å². The van der Waals surface area contributed by atoms with Gasteiger partial charge in [-0.25, -0.2) is 4.98 Å². The van der Waals surface area contributed by atoms with Gasteiger partial charge in [-0.15, -0.1) is 0 Å². The highest BCUT2D eigenvalue weighted by molar-refractivity contribution is 8.76. The standard InChI is InChI=1S/C8H11NO2S2/c10-5-7(11)6-12-13-8-3-1-2-4-9-8/h1-4,7,10-11H,5-6H2/t7-/m0/s1. The van der Waals surface area contributed by atoms with Crippen LogP contribution in [0.15, 0.2) is 29.4 Å². The van der Waals surface area contributed by atoms with Crippen molar-refractivity contribution in [3.8, 4) is 0 Å². The first-order valence-electron chi connectivity index (χ1n) is 3.82. The minimum atomic E-state index is -0.638. The molecule has 1 heterocycles. The molecule has 0 spiro atoms. The van der Waals surface area contributed by atoms with Crippen LogP contribution in [0.1, 0.15) is 0 Å². The van der Waals surface area contributed by atoms with Crippen LogP contribution in [0.2, 0.25) is 0 Å². The summed E-state index contributed by atoms with van der Waals surface area (Å²) in [6.45, 7) is -0.185. The molecule has 0 aliphatic carbocycles. The van der Waals surface area contributed by atoms with Gasteiger partial charge in [-0.3, -0.25) is 0 Å². The van der Waals surface area contributed by atoms with E-state index in [-0.39, 0.29) is 6.61 Å². The molecule has 0 saturated carbocycles. The fourth-order valence-corrected chi connectivity index (χ4v) is 2.64. The molecule has 0 bridgehead atoms. The van der Waals surface area contributed by atoms with E-state index in [4.69, 9.17) is 10.2 Å². The normalized spacial score (nSPS) is 12.8. The summed E-state index contributed by atoms with van der Waals surface area (Å²) in [6, 6.07) is 5.68. The number of hydrogen-bond acceptors (Lipinski definition) is 5. The van der Waals surface area contributed by atoms with Crippen LogP contribution in [-0.4, -0.2) is 33.7 Å². The van der Waals surface area contributed by atoms with Gasteiger partial charge in [0, 0.05) is 11.9 Å². The van der Waals surface area contributed by atoms with Gasteiger partial charge in [-0.2, -0.15) is 0 Å². The first-order chi connectivity index (χ1) is 6.33. The summed E-state index contributed by atoms with van der Waals surface area (Å²) >= 11 is 0. The second-order valence-electron chi connectivity index (χ2n) is 2.37. The van der Waals surface area contributed by atoms with Crippen molar-refractivity contribution in [3.63, 3.8) is 0 Å². The molecule has 1 aromatic heterocycles. The van der Waals surface area contributed by atoms with Crippen molar-refractivity contribution in [3.05, 3.63) is 24.4 Å². The fourth-order valence-electron chi connectivity index (χ4n) is 0.622. The molecular weight excluding hydrogens is 206 g/mol. The van der Waals surface area contributed by atoms with Crippen molar-refractivity contribution in [2.45, 2.75) is 11.1 Å². The number of aliphatic hydroxyl groups is 2. The number of aliphatic hydroxyl groups excluding tert-OH is 2. The molecule has 3 nitrogen and oxygen atoms in total. The van der Waals surface area contributed by atoms with Crippen LogP contribution in [0.4, 0.5) is 0 Å². The fraction of sp³-hybridized carbons (Fsp3) is 0.375. The molecule has 1 rings (SSSR count). The Morgan fingerprint density at radius 2 is 2.31 bits per heavy atom. The van der Waals surface area contributed by atoms with Crippen LogP contribution < -0.4 is 0 Å². The van der Waals surface area contributed by atoms with Crippen molar-refractivity contribution in [2.75, 3.05) is 12.4 Å². The van der Waals surface area contributed by atoms with Gasteiger partial charge in [0.15, 0.2) is 0 Å². The van der Waals surface area contributed by atoms with Crippen molar-refractivity contribution < 1.29 is 10.2 Å². The lowest BCUT2D eigenvalue weighted by atomic mass is 10.4. The maximum Gasteiger partial charge on any atom is 0.106 e. The molecule has 0 aromatic carbocycles. The van der Waals surface area contributed by atoms with Crippen molar-refractivity contribution >= 4 is 21.6 Å². The Kier molecular flexibility index (Phi) is 5.22. The zero-order chi connectivity index (χ0) is 9.52. The highest BCUT2D eigenvalue weighted by Gasteiger charge is 2.02. The van der Waals surface area contributed by atoms with Gasteiger partial charge in [-0.1, -0.05) is 16.9 Å². The molecule has 0 unspecified atom stereocenters. The predicted molar refractivity (Wildman–Crippen MR) is 55.6 cm³/mol. The molecule has 0 aliphatic rings. The predicted octanol–water partition coefficient (Wildman–Crippen LogP) is 1.18. The van der Waals surface area contributed by atoms with E-state index in [2.05, 4.69) is 4.98 Å². The Labute approximate surface area is 85.0 Å². The Morgan fingerprint density at radius 3 is 2.92 bits per heavy atom. The average molecular weight is 217 g/mol. The van der Waals surface area contributed by atoms with Gasteiger partial charge >= 0.3 is 0 Å². The minimum Gasteiger partial charge on any atom is -0.394 e. The quantitative estimate of drug-likeness (QED) is 0.725. The molecule has 2 N–H and O–H groups in total. The van der Waals surface area contributed by atoms with E-state index in [1.165, 1.54) is 21.6 Å². The van der Waals surface area contributed by atoms with E-state index < -0.39 is 6.10 Å². The Morgan fingerprint density at radius 1 is 1.46 bits per heavy atom.